The molecule has 1 aromatic rings. The molecule has 2 N–H and O–H groups in total. The predicted molar refractivity (Wildman–Crippen MR) is 73.1 cm³/mol. The van der Waals surface area contributed by atoms with Crippen molar-refractivity contribution in [2.75, 3.05) is 5.32 Å². The van der Waals surface area contributed by atoms with Crippen molar-refractivity contribution < 1.29 is 27.9 Å². The predicted octanol–water partition coefficient (Wildman–Crippen LogP) is 3.31. The van der Waals surface area contributed by atoms with Gasteiger partial charge in [-0.05, 0) is 25.0 Å². The topological polar surface area (TPSA) is 66.4 Å². The van der Waals surface area contributed by atoms with E-state index in [2.05, 4.69) is 5.32 Å². The van der Waals surface area contributed by atoms with Crippen LogP contribution in [0.3, 0.4) is 0 Å². The minimum Gasteiger partial charge on any atom is -0.481 e. The molecular formula is C15H14F3NO3. The molecule has 0 aromatic heterocycles. The molecule has 0 bridgehead atoms. The minimum atomic E-state index is -4.59. The summed E-state index contributed by atoms with van der Waals surface area (Å²) in [6.45, 7) is 0. The summed E-state index contributed by atoms with van der Waals surface area (Å²) in [5, 5.41) is 11.3. The molecule has 2 atom stereocenters. The van der Waals surface area contributed by atoms with Crippen molar-refractivity contribution >= 4 is 17.6 Å². The maximum absolute atomic E-state index is 12.9. The smallest absolute Gasteiger partial charge is 0.418 e. The molecule has 0 spiro atoms. The highest BCUT2D eigenvalue weighted by atomic mass is 19.4. The molecule has 0 fully saturated rings. The van der Waals surface area contributed by atoms with Crippen molar-refractivity contribution in [2.24, 2.45) is 11.8 Å². The zero-order valence-corrected chi connectivity index (χ0v) is 11.4. The Morgan fingerprint density at radius 1 is 1.09 bits per heavy atom. The van der Waals surface area contributed by atoms with Crippen LogP contribution in [0, 0.1) is 11.8 Å². The third-order valence-corrected chi connectivity index (χ3v) is 3.58. The summed E-state index contributed by atoms with van der Waals surface area (Å²) in [5.74, 6) is -3.66. The molecule has 7 heteroatoms. The Hall–Kier alpha value is -2.31. The molecule has 0 aliphatic heterocycles. The van der Waals surface area contributed by atoms with Gasteiger partial charge in [-0.1, -0.05) is 24.3 Å². The number of halogens is 3. The van der Waals surface area contributed by atoms with Gasteiger partial charge in [0.25, 0.3) is 0 Å². The Labute approximate surface area is 124 Å². The minimum absolute atomic E-state index is 0.189. The molecular weight excluding hydrogens is 299 g/mol. The number of nitrogens with one attached hydrogen (secondary N) is 1. The lowest BCUT2D eigenvalue weighted by atomic mass is 9.82. The quantitative estimate of drug-likeness (QED) is 0.841. The number of hydrogen-bond acceptors (Lipinski definition) is 2. The molecule has 118 valence electrons. The van der Waals surface area contributed by atoms with Crippen LogP contribution >= 0.6 is 0 Å². The van der Waals surface area contributed by atoms with E-state index in [1.807, 2.05) is 0 Å². The third kappa shape index (κ3) is 3.47. The van der Waals surface area contributed by atoms with Gasteiger partial charge in [-0.3, -0.25) is 9.59 Å². The number of anilines is 1. The van der Waals surface area contributed by atoms with Gasteiger partial charge in [-0.15, -0.1) is 0 Å². The maximum Gasteiger partial charge on any atom is 0.418 e. The van der Waals surface area contributed by atoms with Gasteiger partial charge in [-0.2, -0.15) is 13.2 Å². The van der Waals surface area contributed by atoms with Gasteiger partial charge in [0, 0.05) is 0 Å². The van der Waals surface area contributed by atoms with E-state index in [1.54, 1.807) is 12.2 Å². The number of rotatable bonds is 3. The lowest BCUT2D eigenvalue weighted by Crippen LogP contribution is -2.35. The number of carboxylic acid groups (broad SMARTS) is 1. The van der Waals surface area contributed by atoms with E-state index in [9.17, 15) is 22.8 Å². The second kappa shape index (κ2) is 6.21. The van der Waals surface area contributed by atoms with E-state index in [0.717, 1.165) is 12.1 Å². The average Bonchev–Trinajstić information content (AvgIpc) is 2.46. The first-order valence-corrected chi connectivity index (χ1v) is 6.65. The Morgan fingerprint density at radius 2 is 1.68 bits per heavy atom. The number of amides is 1. The van der Waals surface area contributed by atoms with E-state index in [0.29, 0.717) is 0 Å². The number of alkyl halides is 3. The summed E-state index contributed by atoms with van der Waals surface area (Å²) in [5.41, 5.74) is -1.32. The Balaban J connectivity index is 2.22. The summed E-state index contributed by atoms with van der Waals surface area (Å²) in [6, 6.07) is 4.61. The number of carboxylic acids is 1. The molecule has 0 radical (unpaired) electrons. The van der Waals surface area contributed by atoms with Crippen molar-refractivity contribution in [1.29, 1.82) is 0 Å². The van der Waals surface area contributed by atoms with Crippen molar-refractivity contribution in [1.82, 2.24) is 0 Å². The number of carbonyl (C=O) groups excluding carboxylic acids is 1. The standard InChI is InChI=1S/C15H14F3NO3/c16-15(17,18)11-7-3-4-8-12(11)19-13(20)9-5-1-2-6-10(9)14(21)22/h1-4,7-10H,5-6H2,(H,19,20)(H,21,22). The third-order valence-electron chi connectivity index (χ3n) is 3.58. The highest BCUT2D eigenvalue weighted by Crippen LogP contribution is 2.35. The van der Waals surface area contributed by atoms with Gasteiger partial charge in [0.1, 0.15) is 0 Å². The molecule has 2 unspecified atom stereocenters. The lowest BCUT2D eigenvalue weighted by molar-refractivity contribution is -0.146. The Bertz CT molecular complexity index is 610. The van der Waals surface area contributed by atoms with Crippen molar-refractivity contribution in [3.8, 4) is 0 Å². The van der Waals surface area contributed by atoms with Crippen molar-refractivity contribution in [3.63, 3.8) is 0 Å². The van der Waals surface area contributed by atoms with Crippen LogP contribution in [-0.4, -0.2) is 17.0 Å². The Morgan fingerprint density at radius 3 is 2.27 bits per heavy atom. The fourth-order valence-corrected chi connectivity index (χ4v) is 2.44. The fraction of sp³-hybridized carbons (Fsp3) is 0.333. The van der Waals surface area contributed by atoms with Crippen LogP contribution in [-0.2, 0) is 15.8 Å². The van der Waals surface area contributed by atoms with Crippen LogP contribution < -0.4 is 5.32 Å². The van der Waals surface area contributed by atoms with E-state index in [-0.39, 0.29) is 18.5 Å². The first kappa shape index (κ1) is 16.1. The van der Waals surface area contributed by atoms with Gasteiger partial charge in [0.2, 0.25) is 5.91 Å². The highest BCUT2D eigenvalue weighted by molar-refractivity contribution is 5.96. The second-order valence-corrected chi connectivity index (χ2v) is 5.03. The van der Waals surface area contributed by atoms with Gasteiger partial charge in [0.05, 0.1) is 23.1 Å². The molecule has 0 saturated heterocycles. The molecule has 1 amide bonds. The summed E-state index contributed by atoms with van der Waals surface area (Å²) >= 11 is 0. The first-order chi connectivity index (χ1) is 10.3. The fourth-order valence-electron chi connectivity index (χ4n) is 2.44. The molecule has 1 aliphatic rings. The van der Waals surface area contributed by atoms with E-state index < -0.39 is 35.5 Å². The average molecular weight is 313 g/mol. The van der Waals surface area contributed by atoms with Crippen LogP contribution in [0.1, 0.15) is 18.4 Å². The van der Waals surface area contributed by atoms with E-state index >= 15 is 0 Å². The van der Waals surface area contributed by atoms with Gasteiger partial charge in [0.15, 0.2) is 0 Å². The number of hydrogen-bond donors (Lipinski definition) is 2. The molecule has 2 rings (SSSR count). The molecule has 1 aromatic carbocycles. The van der Waals surface area contributed by atoms with Crippen LogP contribution in [0.2, 0.25) is 0 Å². The normalized spacial score (nSPS) is 21.4. The Kier molecular flexibility index (Phi) is 4.54. The number of benzene rings is 1. The van der Waals surface area contributed by atoms with Crippen LogP contribution in [0.4, 0.5) is 18.9 Å². The van der Waals surface area contributed by atoms with Gasteiger partial charge < -0.3 is 10.4 Å². The zero-order chi connectivity index (χ0) is 16.3. The summed E-state index contributed by atoms with van der Waals surface area (Å²) < 4.78 is 38.7. The van der Waals surface area contributed by atoms with E-state index in [1.165, 1.54) is 12.1 Å². The largest absolute Gasteiger partial charge is 0.481 e. The SMILES string of the molecule is O=C(O)C1CC=CCC1C(=O)Nc1ccccc1C(F)(F)F. The number of aliphatic carboxylic acids is 1. The number of para-hydroxylation sites is 1. The first-order valence-electron chi connectivity index (χ1n) is 6.65. The van der Waals surface area contributed by atoms with Crippen LogP contribution in [0.15, 0.2) is 36.4 Å². The summed E-state index contributed by atoms with van der Waals surface area (Å²) in [4.78, 5) is 23.3. The lowest BCUT2D eigenvalue weighted by Gasteiger charge is -2.25. The zero-order valence-electron chi connectivity index (χ0n) is 11.4. The van der Waals surface area contributed by atoms with E-state index in [4.69, 9.17) is 5.11 Å². The summed E-state index contributed by atoms with van der Waals surface area (Å²) in [6.07, 6.45) is -0.889. The number of carbonyl (C=O) groups is 2. The monoisotopic (exact) mass is 313 g/mol. The molecule has 1 aliphatic carbocycles. The van der Waals surface area contributed by atoms with Gasteiger partial charge >= 0.3 is 12.1 Å². The second-order valence-electron chi connectivity index (χ2n) is 5.03. The van der Waals surface area contributed by atoms with Crippen LogP contribution in [0.5, 0.6) is 0 Å². The molecule has 0 heterocycles. The highest BCUT2D eigenvalue weighted by Gasteiger charge is 2.37. The molecule has 0 saturated carbocycles. The molecule has 4 nitrogen and oxygen atoms in total. The number of allylic oxidation sites excluding steroid dienone is 2. The van der Waals surface area contributed by atoms with Crippen molar-refractivity contribution in [2.45, 2.75) is 19.0 Å². The van der Waals surface area contributed by atoms with Gasteiger partial charge in [-0.25, -0.2) is 0 Å². The maximum atomic E-state index is 12.9. The van der Waals surface area contributed by atoms with Crippen LogP contribution in [0.25, 0.3) is 0 Å². The summed E-state index contributed by atoms with van der Waals surface area (Å²) in [7, 11) is 0. The van der Waals surface area contributed by atoms with Crippen molar-refractivity contribution in [3.05, 3.63) is 42.0 Å². The molecule has 22 heavy (non-hydrogen) atoms.